The van der Waals surface area contributed by atoms with Crippen LogP contribution in [0.15, 0.2) is 0 Å². The molecule has 0 saturated carbocycles. The van der Waals surface area contributed by atoms with E-state index in [0.717, 1.165) is 22.8 Å². The van der Waals surface area contributed by atoms with Crippen molar-refractivity contribution in [1.29, 1.82) is 0 Å². The van der Waals surface area contributed by atoms with Crippen molar-refractivity contribution < 1.29 is 0 Å². The van der Waals surface area contributed by atoms with Gasteiger partial charge in [0.25, 0.3) is 0 Å². The van der Waals surface area contributed by atoms with Crippen LogP contribution in [0.25, 0.3) is 0 Å². The molecule has 1 heterocycles. The summed E-state index contributed by atoms with van der Waals surface area (Å²) in [7, 11) is 0. The van der Waals surface area contributed by atoms with E-state index >= 15 is 0 Å². The summed E-state index contributed by atoms with van der Waals surface area (Å²) < 4.78 is 1.76. The van der Waals surface area contributed by atoms with E-state index in [1.165, 1.54) is 11.1 Å². The van der Waals surface area contributed by atoms with E-state index in [1.807, 2.05) is 0 Å². The maximum atomic E-state index is 3.61. The van der Waals surface area contributed by atoms with E-state index in [4.69, 9.17) is 0 Å². The standard InChI is InChI=1S/C4H6Br2SSe/c5-1-4-7-2-3(6)8-4/h3-4H,1-2H2. The Morgan fingerprint density at radius 3 is 2.75 bits per heavy atom. The summed E-state index contributed by atoms with van der Waals surface area (Å²) in [5, 5.41) is 1.18. The van der Waals surface area contributed by atoms with Gasteiger partial charge in [-0.25, -0.2) is 0 Å². The molecule has 0 aliphatic carbocycles. The number of alkyl halides is 2. The van der Waals surface area contributed by atoms with Gasteiger partial charge >= 0.3 is 77.5 Å². The molecule has 0 nitrogen and oxygen atoms in total. The fourth-order valence-electron chi connectivity index (χ4n) is 0.507. The predicted octanol–water partition coefficient (Wildman–Crippen LogP) is 1.88. The first-order chi connectivity index (χ1) is 3.83. The van der Waals surface area contributed by atoms with E-state index in [9.17, 15) is 0 Å². The van der Waals surface area contributed by atoms with Crippen LogP contribution in [0.1, 0.15) is 0 Å². The molecule has 8 heavy (non-hydrogen) atoms. The average Bonchev–Trinajstić information content (AvgIpc) is 2.14. The molecule has 0 spiro atoms. The van der Waals surface area contributed by atoms with Crippen LogP contribution in [-0.4, -0.2) is 33.9 Å². The van der Waals surface area contributed by atoms with Crippen molar-refractivity contribution >= 4 is 58.6 Å². The molecule has 0 N–H and O–H groups in total. The van der Waals surface area contributed by atoms with Crippen LogP contribution in [0.2, 0.25) is 0 Å². The van der Waals surface area contributed by atoms with Crippen molar-refractivity contribution in [3.8, 4) is 0 Å². The molecule has 4 heteroatoms. The molecule has 0 amide bonds. The van der Waals surface area contributed by atoms with Gasteiger partial charge in [-0.05, 0) is 0 Å². The molecule has 1 rings (SSSR count). The maximum absolute atomic E-state index is 3.61. The zero-order valence-corrected chi connectivity index (χ0v) is 9.84. The van der Waals surface area contributed by atoms with Crippen molar-refractivity contribution in [3.63, 3.8) is 0 Å². The second-order valence-electron chi connectivity index (χ2n) is 1.46. The molecular formula is C4H6Br2SSe. The normalized spacial score (nSPS) is 38.2. The van der Waals surface area contributed by atoms with Gasteiger partial charge in [-0.1, -0.05) is 0 Å². The first-order valence-corrected chi connectivity index (χ1v) is 7.36. The fraction of sp³-hybridized carbons (Fsp3) is 1.00. The molecule has 1 fully saturated rings. The molecule has 2 atom stereocenters. The first-order valence-electron chi connectivity index (χ1n) is 2.30. The minimum absolute atomic E-state index is 0.828. The first kappa shape index (κ1) is 7.93. The molecule has 1 aliphatic heterocycles. The third kappa shape index (κ3) is 2.22. The summed E-state index contributed by atoms with van der Waals surface area (Å²) in [5.74, 6) is 1.32. The van der Waals surface area contributed by atoms with Crippen LogP contribution in [0.4, 0.5) is 0 Å². The number of hydrogen-bond acceptors (Lipinski definition) is 1. The Kier molecular flexibility index (Phi) is 3.83. The summed E-state index contributed by atoms with van der Waals surface area (Å²) in [5.41, 5.74) is 0. The van der Waals surface area contributed by atoms with Gasteiger partial charge in [0.15, 0.2) is 0 Å². The van der Waals surface area contributed by atoms with Crippen molar-refractivity contribution in [1.82, 2.24) is 0 Å². The second kappa shape index (κ2) is 3.87. The van der Waals surface area contributed by atoms with E-state index in [1.54, 1.807) is 0 Å². The third-order valence-corrected chi connectivity index (χ3v) is 9.68. The predicted molar refractivity (Wildman–Crippen MR) is 48.5 cm³/mol. The van der Waals surface area contributed by atoms with Gasteiger partial charge in [0, 0.05) is 0 Å². The SMILES string of the molecule is BrCC1SCC(Br)[Se]1. The van der Waals surface area contributed by atoms with E-state index in [2.05, 4.69) is 43.6 Å². The van der Waals surface area contributed by atoms with Gasteiger partial charge in [-0.15, -0.1) is 0 Å². The third-order valence-electron chi connectivity index (χ3n) is 0.839. The molecule has 0 bridgehead atoms. The zero-order chi connectivity index (χ0) is 5.98. The number of rotatable bonds is 1. The summed E-state index contributed by atoms with van der Waals surface area (Å²) in [6.45, 7) is 0. The summed E-state index contributed by atoms with van der Waals surface area (Å²) in [6.07, 6.45) is 0. The molecular weight excluding hydrogens is 319 g/mol. The second-order valence-corrected chi connectivity index (χ2v) is 9.45. The number of hydrogen-bond donors (Lipinski definition) is 0. The van der Waals surface area contributed by atoms with Crippen LogP contribution in [0.5, 0.6) is 0 Å². The van der Waals surface area contributed by atoms with Crippen LogP contribution in [0, 0.1) is 0 Å². The Hall–Kier alpha value is 1.83. The molecule has 1 saturated heterocycles. The number of thioether (sulfide) groups is 1. The summed E-state index contributed by atoms with van der Waals surface area (Å²) in [6, 6.07) is 0. The van der Waals surface area contributed by atoms with Gasteiger partial charge in [0.2, 0.25) is 0 Å². The Balaban J connectivity index is 2.22. The van der Waals surface area contributed by atoms with Gasteiger partial charge in [-0.2, -0.15) is 0 Å². The minimum atomic E-state index is 0.828. The van der Waals surface area contributed by atoms with Crippen molar-refractivity contribution in [2.24, 2.45) is 0 Å². The van der Waals surface area contributed by atoms with Crippen LogP contribution >= 0.6 is 43.6 Å². The average molecular weight is 325 g/mol. The van der Waals surface area contributed by atoms with E-state index in [0.29, 0.717) is 0 Å². The van der Waals surface area contributed by atoms with Gasteiger partial charge < -0.3 is 0 Å². The fourth-order valence-corrected chi connectivity index (χ4v) is 8.55. The van der Waals surface area contributed by atoms with Crippen LogP contribution in [0.3, 0.4) is 0 Å². The van der Waals surface area contributed by atoms with Crippen molar-refractivity contribution in [3.05, 3.63) is 0 Å². The Bertz CT molecular complexity index is 80.4. The summed E-state index contributed by atoms with van der Waals surface area (Å²) in [4.78, 5) is 0. The molecule has 0 aromatic carbocycles. The Labute approximate surface area is 77.0 Å². The van der Waals surface area contributed by atoms with E-state index in [-0.39, 0.29) is 0 Å². The number of halogens is 2. The topological polar surface area (TPSA) is 0 Å². The molecule has 0 aromatic rings. The van der Waals surface area contributed by atoms with E-state index < -0.39 is 0 Å². The molecule has 2 unspecified atom stereocenters. The summed E-state index contributed by atoms with van der Waals surface area (Å²) >= 11 is 10.00. The van der Waals surface area contributed by atoms with Gasteiger partial charge in [0.05, 0.1) is 0 Å². The monoisotopic (exact) mass is 324 g/mol. The quantitative estimate of drug-likeness (QED) is 0.524. The van der Waals surface area contributed by atoms with Crippen LogP contribution in [-0.2, 0) is 0 Å². The van der Waals surface area contributed by atoms with Crippen LogP contribution < -0.4 is 0 Å². The zero-order valence-electron chi connectivity index (χ0n) is 4.14. The van der Waals surface area contributed by atoms with Gasteiger partial charge in [0.1, 0.15) is 0 Å². The Morgan fingerprint density at radius 2 is 2.50 bits per heavy atom. The van der Waals surface area contributed by atoms with Crippen molar-refractivity contribution in [2.45, 2.75) is 7.87 Å². The molecule has 48 valence electrons. The Morgan fingerprint density at radius 1 is 1.75 bits per heavy atom. The van der Waals surface area contributed by atoms with Gasteiger partial charge in [-0.3, -0.25) is 0 Å². The molecule has 0 radical (unpaired) electrons. The molecule has 0 aromatic heterocycles. The van der Waals surface area contributed by atoms with Crippen molar-refractivity contribution in [2.75, 3.05) is 11.1 Å². The molecule has 1 aliphatic rings.